The SMILES string of the molecule is COc1cccc(C)c1-n1cc2cnc(N[C@@H]3CCCN(C)C3)nc2n1. The van der Waals surface area contributed by atoms with E-state index in [2.05, 4.69) is 32.3 Å². The van der Waals surface area contributed by atoms with Gasteiger partial charge in [0, 0.05) is 25.0 Å². The molecule has 1 saturated heterocycles. The molecule has 4 rings (SSSR count). The van der Waals surface area contributed by atoms with Crippen LogP contribution in [0.2, 0.25) is 0 Å². The molecule has 0 amide bonds. The van der Waals surface area contributed by atoms with Crippen molar-refractivity contribution in [1.29, 1.82) is 0 Å². The van der Waals surface area contributed by atoms with Crippen molar-refractivity contribution in [3.63, 3.8) is 0 Å². The van der Waals surface area contributed by atoms with Gasteiger partial charge in [-0.15, -0.1) is 5.10 Å². The molecule has 3 aromatic rings. The second-order valence-corrected chi connectivity index (χ2v) is 6.92. The van der Waals surface area contributed by atoms with E-state index in [-0.39, 0.29) is 0 Å². The summed E-state index contributed by atoms with van der Waals surface area (Å²) in [5, 5.41) is 9.01. The van der Waals surface area contributed by atoms with Crippen molar-refractivity contribution in [1.82, 2.24) is 24.6 Å². The predicted octanol–water partition coefficient (Wildman–Crippen LogP) is 2.64. The second-order valence-electron chi connectivity index (χ2n) is 6.92. The summed E-state index contributed by atoms with van der Waals surface area (Å²) in [6, 6.07) is 6.34. The lowest BCUT2D eigenvalue weighted by Gasteiger charge is -2.30. The molecule has 1 fully saturated rings. The van der Waals surface area contributed by atoms with E-state index in [0.29, 0.717) is 17.6 Å². The normalized spacial score (nSPS) is 18.2. The lowest BCUT2D eigenvalue weighted by Crippen LogP contribution is -2.40. The van der Waals surface area contributed by atoms with E-state index in [4.69, 9.17) is 4.74 Å². The summed E-state index contributed by atoms with van der Waals surface area (Å²) < 4.78 is 7.32. The Labute approximate surface area is 153 Å². The van der Waals surface area contributed by atoms with Gasteiger partial charge in [-0.05, 0) is 45.0 Å². The maximum Gasteiger partial charge on any atom is 0.225 e. The van der Waals surface area contributed by atoms with E-state index < -0.39 is 0 Å². The first-order chi connectivity index (χ1) is 12.6. The molecule has 1 aliphatic rings. The average molecular weight is 352 g/mol. The van der Waals surface area contributed by atoms with Crippen LogP contribution in [-0.2, 0) is 0 Å². The molecule has 3 heterocycles. The number of methoxy groups -OCH3 is 1. The van der Waals surface area contributed by atoms with Gasteiger partial charge in [-0.2, -0.15) is 4.98 Å². The molecule has 0 bridgehead atoms. The largest absolute Gasteiger partial charge is 0.494 e. The molecule has 7 nitrogen and oxygen atoms in total. The first kappa shape index (κ1) is 16.8. The molecule has 1 aliphatic heterocycles. The van der Waals surface area contributed by atoms with E-state index in [9.17, 15) is 0 Å². The molecule has 2 aromatic heterocycles. The van der Waals surface area contributed by atoms with E-state index in [1.165, 1.54) is 6.42 Å². The zero-order valence-electron chi connectivity index (χ0n) is 15.4. The molecule has 0 spiro atoms. The Morgan fingerprint density at radius 3 is 3.00 bits per heavy atom. The van der Waals surface area contributed by atoms with Crippen LogP contribution in [0.5, 0.6) is 5.75 Å². The minimum absolute atomic E-state index is 0.379. The van der Waals surface area contributed by atoms with E-state index in [1.807, 2.05) is 42.2 Å². The van der Waals surface area contributed by atoms with Gasteiger partial charge in [0.1, 0.15) is 11.4 Å². The third-order valence-electron chi connectivity index (χ3n) is 4.87. The van der Waals surface area contributed by atoms with Gasteiger partial charge in [-0.25, -0.2) is 9.67 Å². The zero-order valence-corrected chi connectivity index (χ0v) is 15.4. The number of likely N-dealkylation sites (tertiary alicyclic amines) is 1. The van der Waals surface area contributed by atoms with E-state index in [0.717, 1.165) is 41.9 Å². The highest BCUT2D eigenvalue weighted by atomic mass is 16.5. The Kier molecular flexibility index (Phi) is 4.46. The molecule has 26 heavy (non-hydrogen) atoms. The van der Waals surface area contributed by atoms with Crippen LogP contribution in [0.15, 0.2) is 30.6 Å². The molecule has 136 valence electrons. The smallest absolute Gasteiger partial charge is 0.225 e. The number of hydrogen-bond donors (Lipinski definition) is 1. The summed E-state index contributed by atoms with van der Waals surface area (Å²) in [4.78, 5) is 11.4. The number of rotatable bonds is 4. The van der Waals surface area contributed by atoms with Crippen molar-refractivity contribution in [2.45, 2.75) is 25.8 Å². The third-order valence-corrected chi connectivity index (χ3v) is 4.87. The van der Waals surface area contributed by atoms with E-state index in [1.54, 1.807) is 7.11 Å². The van der Waals surface area contributed by atoms with Crippen LogP contribution in [0, 0.1) is 6.92 Å². The van der Waals surface area contributed by atoms with Crippen molar-refractivity contribution in [3.8, 4) is 11.4 Å². The van der Waals surface area contributed by atoms with Gasteiger partial charge in [-0.1, -0.05) is 12.1 Å². The molecule has 7 heteroatoms. The molecule has 1 aromatic carbocycles. The molecule has 1 N–H and O–H groups in total. The highest BCUT2D eigenvalue weighted by Gasteiger charge is 2.18. The van der Waals surface area contributed by atoms with Crippen LogP contribution in [-0.4, -0.2) is 57.9 Å². The molecule has 0 saturated carbocycles. The molecule has 0 radical (unpaired) electrons. The first-order valence-electron chi connectivity index (χ1n) is 8.95. The number of ether oxygens (including phenoxy) is 1. The fourth-order valence-electron chi connectivity index (χ4n) is 3.56. The molecule has 0 unspecified atom stereocenters. The quantitative estimate of drug-likeness (QED) is 0.778. The summed E-state index contributed by atoms with van der Waals surface area (Å²) >= 11 is 0. The van der Waals surface area contributed by atoms with Gasteiger partial charge in [0.05, 0.1) is 12.5 Å². The third kappa shape index (κ3) is 3.22. The van der Waals surface area contributed by atoms with Crippen LogP contribution in [0.4, 0.5) is 5.95 Å². The number of fused-ring (bicyclic) bond motifs is 1. The van der Waals surface area contributed by atoms with Crippen molar-refractivity contribution >= 4 is 17.0 Å². The minimum atomic E-state index is 0.379. The number of aryl methyl sites for hydroxylation is 1. The van der Waals surface area contributed by atoms with Gasteiger partial charge in [0.25, 0.3) is 0 Å². The molecule has 1 atom stereocenters. The molecule has 0 aliphatic carbocycles. The number of para-hydroxylation sites is 1. The van der Waals surface area contributed by atoms with Crippen LogP contribution in [0.1, 0.15) is 18.4 Å². The Balaban J connectivity index is 1.64. The van der Waals surface area contributed by atoms with Crippen molar-refractivity contribution < 1.29 is 4.74 Å². The number of likely N-dealkylation sites (N-methyl/N-ethyl adjacent to an activating group) is 1. The number of anilines is 1. The Morgan fingerprint density at radius 1 is 1.31 bits per heavy atom. The summed E-state index contributed by atoms with van der Waals surface area (Å²) in [6.07, 6.45) is 6.10. The average Bonchev–Trinajstić information content (AvgIpc) is 3.04. The monoisotopic (exact) mass is 352 g/mol. The van der Waals surface area contributed by atoms with Crippen LogP contribution in [0.25, 0.3) is 16.7 Å². The highest BCUT2D eigenvalue weighted by Crippen LogP contribution is 2.27. The Bertz CT molecular complexity index is 922. The minimum Gasteiger partial charge on any atom is -0.494 e. The van der Waals surface area contributed by atoms with Crippen molar-refractivity contribution in [2.75, 3.05) is 32.6 Å². The zero-order chi connectivity index (χ0) is 18.1. The summed E-state index contributed by atoms with van der Waals surface area (Å²) in [7, 11) is 3.82. The number of nitrogens with zero attached hydrogens (tertiary/aromatic N) is 5. The van der Waals surface area contributed by atoms with Crippen LogP contribution < -0.4 is 10.1 Å². The fraction of sp³-hybridized carbons (Fsp3) is 0.421. The molecular formula is C19H24N6O. The van der Waals surface area contributed by atoms with E-state index >= 15 is 0 Å². The topological polar surface area (TPSA) is 68.1 Å². The second kappa shape index (κ2) is 6.92. The van der Waals surface area contributed by atoms with Gasteiger partial charge in [0.2, 0.25) is 5.95 Å². The number of piperidine rings is 1. The van der Waals surface area contributed by atoms with Crippen molar-refractivity contribution in [2.24, 2.45) is 0 Å². The Morgan fingerprint density at radius 2 is 2.19 bits per heavy atom. The summed E-state index contributed by atoms with van der Waals surface area (Å²) in [5.74, 6) is 1.43. The highest BCUT2D eigenvalue weighted by molar-refractivity contribution is 5.75. The van der Waals surface area contributed by atoms with Gasteiger partial charge in [0.15, 0.2) is 5.65 Å². The number of aromatic nitrogens is 4. The van der Waals surface area contributed by atoms with Gasteiger partial charge >= 0.3 is 0 Å². The summed E-state index contributed by atoms with van der Waals surface area (Å²) in [5.41, 5.74) is 2.70. The van der Waals surface area contributed by atoms with Crippen LogP contribution in [0.3, 0.4) is 0 Å². The first-order valence-corrected chi connectivity index (χ1v) is 8.95. The fourth-order valence-corrected chi connectivity index (χ4v) is 3.56. The number of hydrogen-bond acceptors (Lipinski definition) is 6. The van der Waals surface area contributed by atoms with Gasteiger partial charge < -0.3 is 15.0 Å². The lowest BCUT2D eigenvalue weighted by atomic mass is 10.1. The number of benzene rings is 1. The van der Waals surface area contributed by atoms with Crippen LogP contribution >= 0.6 is 0 Å². The Hall–Kier alpha value is -2.67. The maximum absolute atomic E-state index is 5.50. The van der Waals surface area contributed by atoms with Gasteiger partial charge in [-0.3, -0.25) is 0 Å². The van der Waals surface area contributed by atoms with Crippen molar-refractivity contribution in [3.05, 3.63) is 36.2 Å². The predicted molar refractivity (Wildman–Crippen MR) is 102 cm³/mol. The molecular weight excluding hydrogens is 328 g/mol. The summed E-state index contributed by atoms with van der Waals surface area (Å²) in [6.45, 7) is 4.21. The standard InChI is InChI=1S/C19H24N6O/c1-13-6-4-8-16(26-3)17(13)25-11-14-10-20-19(22-18(14)23-25)21-15-7-5-9-24(2)12-15/h4,6,8,10-11,15H,5,7,9,12H2,1-3H3,(H,21,22,23)/t15-/m1/s1. The lowest BCUT2D eigenvalue weighted by molar-refractivity contribution is 0.260. The maximum atomic E-state index is 5.50. The number of nitrogens with one attached hydrogen (secondary N) is 1.